The fraction of sp³-hybridized carbons (Fsp3) is 0.375. The van der Waals surface area contributed by atoms with E-state index in [2.05, 4.69) is 11.4 Å². The van der Waals surface area contributed by atoms with Crippen LogP contribution in [0.25, 0.3) is 0 Å². The maximum Gasteiger partial charge on any atom is 0.325 e. The molecule has 0 aromatic heterocycles. The number of carbonyl (C=O) groups is 3. The Kier molecular flexibility index (Phi) is 5.33. The lowest BCUT2D eigenvalue weighted by Gasteiger charge is -2.32. The molecular weight excluding hydrogens is 378 g/mol. The number of urea groups is 1. The maximum atomic E-state index is 13.3. The van der Waals surface area contributed by atoms with Gasteiger partial charge in [0.2, 0.25) is 5.91 Å². The van der Waals surface area contributed by atoms with Gasteiger partial charge in [0.25, 0.3) is 5.91 Å². The number of imide groups is 1. The van der Waals surface area contributed by atoms with Crippen molar-refractivity contribution in [3.63, 3.8) is 0 Å². The Morgan fingerprint density at radius 1 is 1.07 bits per heavy atom. The molecule has 2 aliphatic rings. The first-order valence-electron chi connectivity index (χ1n) is 10.4. The molecule has 2 aromatic rings. The number of rotatable bonds is 5. The summed E-state index contributed by atoms with van der Waals surface area (Å²) in [5.74, 6) is -0.524. The van der Waals surface area contributed by atoms with Crippen molar-refractivity contribution >= 4 is 17.8 Å². The molecule has 2 aromatic carbocycles. The molecule has 1 atom stereocenters. The van der Waals surface area contributed by atoms with Gasteiger partial charge < -0.3 is 10.2 Å². The van der Waals surface area contributed by atoms with Crippen LogP contribution < -0.4 is 5.32 Å². The third-order valence-corrected chi connectivity index (χ3v) is 6.11. The van der Waals surface area contributed by atoms with Crippen LogP contribution in [-0.4, -0.2) is 45.8 Å². The van der Waals surface area contributed by atoms with E-state index in [0.717, 1.165) is 22.4 Å². The molecule has 0 bridgehead atoms. The molecule has 1 fully saturated rings. The van der Waals surface area contributed by atoms with Crippen LogP contribution >= 0.6 is 0 Å². The van der Waals surface area contributed by atoms with E-state index < -0.39 is 11.6 Å². The van der Waals surface area contributed by atoms with E-state index >= 15 is 0 Å². The lowest BCUT2D eigenvalue weighted by atomic mass is 9.78. The second-order valence-corrected chi connectivity index (χ2v) is 8.45. The van der Waals surface area contributed by atoms with Crippen LogP contribution in [0.5, 0.6) is 0 Å². The van der Waals surface area contributed by atoms with E-state index in [0.29, 0.717) is 19.4 Å². The first kappa shape index (κ1) is 20.1. The SMILES string of the molecule is CC(C)N(Cc1ccccc1)C(=O)CN1C(=O)NC2(CCc3ccccc3C2)C1=O. The van der Waals surface area contributed by atoms with Gasteiger partial charge in [-0.25, -0.2) is 4.79 Å². The molecule has 1 heterocycles. The first-order chi connectivity index (χ1) is 14.4. The van der Waals surface area contributed by atoms with Gasteiger partial charge in [-0.05, 0) is 43.4 Å². The predicted molar refractivity (Wildman–Crippen MR) is 114 cm³/mol. The summed E-state index contributed by atoms with van der Waals surface area (Å²) in [7, 11) is 0. The summed E-state index contributed by atoms with van der Waals surface area (Å²) in [5, 5.41) is 2.90. The Morgan fingerprint density at radius 3 is 2.43 bits per heavy atom. The van der Waals surface area contributed by atoms with Gasteiger partial charge in [0.05, 0.1) is 0 Å². The number of hydrogen-bond donors (Lipinski definition) is 1. The summed E-state index contributed by atoms with van der Waals surface area (Å²) in [6.45, 7) is 4.08. The minimum atomic E-state index is -0.937. The van der Waals surface area contributed by atoms with Crippen molar-refractivity contribution < 1.29 is 14.4 Å². The van der Waals surface area contributed by atoms with Crippen molar-refractivity contribution in [1.29, 1.82) is 0 Å². The summed E-state index contributed by atoms with van der Waals surface area (Å²) in [4.78, 5) is 41.8. The Morgan fingerprint density at radius 2 is 1.73 bits per heavy atom. The molecule has 1 N–H and O–H groups in total. The van der Waals surface area contributed by atoms with Gasteiger partial charge in [0, 0.05) is 19.0 Å². The second-order valence-electron chi connectivity index (χ2n) is 8.45. The molecule has 1 unspecified atom stereocenters. The van der Waals surface area contributed by atoms with Crippen molar-refractivity contribution in [2.24, 2.45) is 0 Å². The Bertz CT molecular complexity index is 973. The van der Waals surface area contributed by atoms with Crippen LogP contribution in [0, 0.1) is 0 Å². The van der Waals surface area contributed by atoms with Crippen molar-refractivity contribution in [1.82, 2.24) is 15.1 Å². The minimum Gasteiger partial charge on any atom is -0.334 e. The van der Waals surface area contributed by atoms with Crippen molar-refractivity contribution in [2.45, 2.75) is 51.2 Å². The van der Waals surface area contributed by atoms with Gasteiger partial charge in [-0.3, -0.25) is 14.5 Å². The van der Waals surface area contributed by atoms with Crippen molar-refractivity contribution in [3.8, 4) is 0 Å². The number of fused-ring (bicyclic) bond motifs is 1. The third kappa shape index (κ3) is 3.70. The van der Waals surface area contributed by atoms with Crippen LogP contribution in [-0.2, 0) is 29.0 Å². The van der Waals surface area contributed by atoms with Gasteiger partial charge in [-0.15, -0.1) is 0 Å². The number of nitrogens with one attached hydrogen (secondary N) is 1. The molecule has 6 heteroatoms. The summed E-state index contributed by atoms with van der Waals surface area (Å²) < 4.78 is 0. The number of amides is 4. The quantitative estimate of drug-likeness (QED) is 0.778. The molecule has 0 saturated carbocycles. The average molecular weight is 405 g/mol. The van der Waals surface area contributed by atoms with Crippen molar-refractivity contribution in [3.05, 3.63) is 71.3 Å². The molecule has 4 rings (SSSR count). The number of carbonyl (C=O) groups excluding carboxylic acids is 3. The van der Waals surface area contributed by atoms with Crippen LogP contribution in [0.4, 0.5) is 4.79 Å². The molecular formula is C24H27N3O3. The van der Waals surface area contributed by atoms with Crippen LogP contribution in [0.3, 0.4) is 0 Å². The summed E-state index contributed by atoms with van der Waals surface area (Å²) >= 11 is 0. The van der Waals surface area contributed by atoms with Gasteiger partial charge in [-0.2, -0.15) is 0 Å². The highest BCUT2D eigenvalue weighted by molar-refractivity contribution is 6.09. The van der Waals surface area contributed by atoms with Gasteiger partial charge >= 0.3 is 6.03 Å². The molecule has 1 aliphatic carbocycles. The second kappa shape index (κ2) is 7.94. The summed E-state index contributed by atoms with van der Waals surface area (Å²) in [5.41, 5.74) is 2.37. The zero-order valence-electron chi connectivity index (χ0n) is 17.4. The zero-order valence-corrected chi connectivity index (χ0v) is 17.4. The van der Waals surface area contributed by atoms with Crippen LogP contribution in [0.2, 0.25) is 0 Å². The summed E-state index contributed by atoms with van der Waals surface area (Å²) in [6.07, 6.45) is 1.75. The van der Waals surface area contributed by atoms with Crippen LogP contribution in [0.15, 0.2) is 54.6 Å². The highest BCUT2D eigenvalue weighted by Crippen LogP contribution is 2.33. The van der Waals surface area contributed by atoms with E-state index in [4.69, 9.17) is 0 Å². The third-order valence-electron chi connectivity index (χ3n) is 6.11. The largest absolute Gasteiger partial charge is 0.334 e. The molecule has 4 amide bonds. The average Bonchev–Trinajstić information content (AvgIpc) is 2.96. The first-order valence-corrected chi connectivity index (χ1v) is 10.4. The zero-order chi connectivity index (χ0) is 21.3. The predicted octanol–water partition coefficient (Wildman–Crippen LogP) is 2.90. The molecule has 6 nitrogen and oxygen atoms in total. The Hall–Kier alpha value is -3.15. The Labute approximate surface area is 176 Å². The topological polar surface area (TPSA) is 69.7 Å². The normalized spacial score (nSPS) is 20.4. The van der Waals surface area contributed by atoms with Gasteiger partial charge in [0.1, 0.15) is 12.1 Å². The monoisotopic (exact) mass is 405 g/mol. The smallest absolute Gasteiger partial charge is 0.325 e. The van der Waals surface area contributed by atoms with Crippen molar-refractivity contribution in [2.75, 3.05) is 6.54 Å². The van der Waals surface area contributed by atoms with E-state index in [1.54, 1.807) is 4.90 Å². The Balaban J connectivity index is 1.50. The van der Waals surface area contributed by atoms with Crippen LogP contribution in [0.1, 0.15) is 37.0 Å². The number of hydrogen-bond acceptors (Lipinski definition) is 3. The maximum absolute atomic E-state index is 13.3. The summed E-state index contributed by atoms with van der Waals surface area (Å²) in [6, 6.07) is 17.2. The molecule has 0 radical (unpaired) electrons. The van der Waals surface area contributed by atoms with E-state index in [9.17, 15) is 14.4 Å². The highest BCUT2D eigenvalue weighted by Gasteiger charge is 2.52. The standard InChI is InChI=1S/C24H27N3O3/c1-17(2)26(15-18-8-4-3-5-9-18)21(28)16-27-22(29)24(25-23(27)30)13-12-19-10-6-7-11-20(19)14-24/h3-11,17H,12-16H2,1-2H3,(H,25,30). The molecule has 1 spiro atoms. The lowest BCUT2D eigenvalue weighted by molar-refractivity contribution is -0.140. The minimum absolute atomic E-state index is 0.0472. The molecule has 156 valence electrons. The molecule has 30 heavy (non-hydrogen) atoms. The van der Waals surface area contributed by atoms with E-state index in [1.807, 2.05) is 62.4 Å². The van der Waals surface area contributed by atoms with E-state index in [-0.39, 0.29) is 24.4 Å². The fourth-order valence-corrected chi connectivity index (χ4v) is 4.41. The molecule has 1 saturated heterocycles. The number of nitrogens with zero attached hydrogens (tertiary/aromatic N) is 2. The van der Waals surface area contributed by atoms with Gasteiger partial charge in [-0.1, -0.05) is 54.6 Å². The number of benzene rings is 2. The highest BCUT2D eigenvalue weighted by atomic mass is 16.2. The number of aryl methyl sites for hydroxylation is 1. The lowest BCUT2D eigenvalue weighted by Crippen LogP contribution is -2.52. The van der Waals surface area contributed by atoms with Gasteiger partial charge in [0.15, 0.2) is 0 Å². The fourth-order valence-electron chi connectivity index (χ4n) is 4.41. The molecule has 1 aliphatic heterocycles. The van der Waals surface area contributed by atoms with E-state index in [1.165, 1.54) is 5.56 Å².